The molecule has 0 bridgehead atoms. The Morgan fingerprint density at radius 2 is 1.36 bits per heavy atom. The van der Waals surface area contributed by atoms with Crippen molar-refractivity contribution in [1.82, 2.24) is 4.90 Å². The van der Waals surface area contributed by atoms with E-state index in [-0.39, 0.29) is 6.04 Å². The third-order valence-corrected chi connectivity index (χ3v) is 5.61. The quantitative estimate of drug-likeness (QED) is 0.654. The van der Waals surface area contributed by atoms with E-state index in [0.29, 0.717) is 6.42 Å². The molecule has 28 heavy (non-hydrogen) atoms. The maximum atomic E-state index is 11.9. The van der Waals surface area contributed by atoms with Crippen LogP contribution in [0.15, 0.2) is 84.9 Å². The highest BCUT2D eigenvalue weighted by atomic mass is 16.4. The molecule has 142 valence electrons. The van der Waals surface area contributed by atoms with Crippen LogP contribution in [0.2, 0.25) is 0 Å². The maximum absolute atomic E-state index is 11.9. The first-order chi connectivity index (χ1) is 13.7. The fourth-order valence-electron chi connectivity index (χ4n) is 4.23. The second-order valence-electron chi connectivity index (χ2n) is 7.39. The first-order valence-electron chi connectivity index (χ1n) is 9.93. The van der Waals surface area contributed by atoms with Gasteiger partial charge in [0.05, 0.1) is 6.04 Å². The van der Waals surface area contributed by atoms with Crippen molar-refractivity contribution in [3.05, 3.63) is 96.1 Å². The van der Waals surface area contributed by atoms with Crippen LogP contribution < -0.4 is 0 Å². The Morgan fingerprint density at radius 1 is 0.786 bits per heavy atom. The van der Waals surface area contributed by atoms with Crippen molar-refractivity contribution in [1.29, 1.82) is 0 Å². The first kappa shape index (κ1) is 18.5. The van der Waals surface area contributed by atoms with Gasteiger partial charge in [-0.2, -0.15) is 0 Å². The van der Waals surface area contributed by atoms with E-state index in [9.17, 15) is 9.90 Å². The number of nitrogens with zero attached hydrogens (tertiary/aromatic N) is 1. The van der Waals surface area contributed by atoms with Gasteiger partial charge in [0.1, 0.15) is 6.04 Å². The summed E-state index contributed by atoms with van der Waals surface area (Å²) in [5, 5.41) is 9.80. The van der Waals surface area contributed by atoms with Gasteiger partial charge in [0.25, 0.3) is 0 Å². The van der Waals surface area contributed by atoms with Crippen LogP contribution >= 0.6 is 0 Å². The summed E-state index contributed by atoms with van der Waals surface area (Å²) >= 11 is 0. The molecule has 3 aromatic carbocycles. The number of carbonyl (C=O) groups is 1. The molecule has 0 spiro atoms. The molecule has 4 rings (SSSR count). The summed E-state index contributed by atoms with van der Waals surface area (Å²) < 4.78 is 0. The standard InChI is InChI=1S/C25H25NO2/c27-25(28)23-13-7-8-18-26(23)24(21-11-5-2-6-12-21)22-16-14-20(15-17-22)19-9-3-1-4-10-19/h1-6,9-12,14-17,23-24H,7-8,13,18H2,(H,27,28). The van der Waals surface area contributed by atoms with Crippen molar-refractivity contribution in [2.75, 3.05) is 6.54 Å². The molecule has 3 nitrogen and oxygen atoms in total. The molecule has 1 saturated heterocycles. The number of carboxylic acids is 1. The van der Waals surface area contributed by atoms with Gasteiger partial charge in [0.15, 0.2) is 0 Å². The molecule has 1 heterocycles. The molecule has 1 N–H and O–H groups in total. The maximum Gasteiger partial charge on any atom is 0.320 e. The van der Waals surface area contributed by atoms with Crippen molar-refractivity contribution in [3.63, 3.8) is 0 Å². The molecule has 3 heteroatoms. The number of aliphatic carboxylic acids is 1. The summed E-state index contributed by atoms with van der Waals surface area (Å²) in [6.45, 7) is 0.803. The lowest BCUT2D eigenvalue weighted by Gasteiger charge is -2.39. The Balaban J connectivity index is 1.72. The zero-order valence-electron chi connectivity index (χ0n) is 15.9. The molecule has 2 atom stereocenters. The zero-order valence-corrected chi connectivity index (χ0v) is 15.9. The van der Waals surface area contributed by atoms with E-state index in [4.69, 9.17) is 0 Å². The Kier molecular flexibility index (Phi) is 5.54. The predicted octanol–water partition coefficient (Wildman–Crippen LogP) is 5.38. The second kappa shape index (κ2) is 8.41. The van der Waals surface area contributed by atoms with Gasteiger partial charge in [-0.1, -0.05) is 91.3 Å². The Labute approximate surface area is 166 Å². The third-order valence-electron chi connectivity index (χ3n) is 5.61. The van der Waals surface area contributed by atoms with Crippen molar-refractivity contribution in [2.24, 2.45) is 0 Å². The number of hydrogen-bond donors (Lipinski definition) is 1. The van der Waals surface area contributed by atoms with Crippen molar-refractivity contribution < 1.29 is 9.90 Å². The smallest absolute Gasteiger partial charge is 0.320 e. The Morgan fingerprint density at radius 3 is 2.00 bits per heavy atom. The zero-order chi connectivity index (χ0) is 19.3. The fourth-order valence-corrected chi connectivity index (χ4v) is 4.23. The summed E-state index contributed by atoms with van der Waals surface area (Å²) in [6.07, 6.45) is 2.72. The summed E-state index contributed by atoms with van der Waals surface area (Å²) in [4.78, 5) is 14.1. The molecular weight excluding hydrogens is 346 g/mol. The van der Waals surface area contributed by atoms with Gasteiger partial charge in [-0.05, 0) is 41.6 Å². The third kappa shape index (κ3) is 3.85. The van der Waals surface area contributed by atoms with Gasteiger partial charge in [0.2, 0.25) is 0 Å². The van der Waals surface area contributed by atoms with Gasteiger partial charge in [-0.15, -0.1) is 0 Å². The van der Waals surface area contributed by atoms with E-state index in [1.165, 1.54) is 11.1 Å². The molecule has 0 aromatic heterocycles. The van der Waals surface area contributed by atoms with Crippen molar-refractivity contribution >= 4 is 5.97 Å². The summed E-state index contributed by atoms with van der Waals surface area (Å²) in [6, 6.07) is 28.7. The molecule has 1 aliphatic rings. The Bertz CT molecular complexity index is 906. The molecule has 0 radical (unpaired) electrons. The van der Waals surface area contributed by atoms with E-state index in [0.717, 1.165) is 30.5 Å². The van der Waals surface area contributed by atoms with E-state index in [1.807, 2.05) is 36.4 Å². The minimum atomic E-state index is -0.721. The monoisotopic (exact) mass is 371 g/mol. The first-order valence-corrected chi connectivity index (χ1v) is 9.93. The Hall–Kier alpha value is -2.91. The molecule has 2 unspecified atom stereocenters. The van der Waals surface area contributed by atoms with Crippen LogP contribution in [-0.4, -0.2) is 28.6 Å². The number of benzene rings is 3. The van der Waals surface area contributed by atoms with Crippen LogP contribution in [-0.2, 0) is 4.79 Å². The minimum absolute atomic E-state index is 0.0487. The van der Waals surface area contributed by atoms with Gasteiger partial charge >= 0.3 is 5.97 Å². The van der Waals surface area contributed by atoms with Crippen LogP contribution in [0.1, 0.15) is 36.4 Å². The lowest BCUT2D eigenvalue weighted by Crippen LogP contribution is -2.46. The number of piperidine rings is 1. The minimum Gasteiger partial charge on any atom is -0.480 e. The molecule has 1 aliphatic heterocycles. The second-order valence-corrected chi connectivity index (χ2v) is 7.39. The predicted molar refractivity (Wildman–Crippen MR) is 112 cm³/mol. The highest BCUT2D eigenvalue weighted by molar-refractivity contribution is 5.74. The molecule has 0 amide bonds. The summed E-state index contributed by atoms with van der Waals surface area (Å²) in [5.41, 5.74) is 4.64. The van der Waals surface area contributed by atoms with Gasteiger partial charge < -0.3 is 5.11 Å². The van der Waals surface area contributed by atoms with Crippen LogP contribution in [0.5, 0.6) is 0 Å². The molecular formula is C25H25NO2. The SMILES string of the molecule is O=C(O)C1CCCCN1C(c1ccccc1)c1ccc(-c2ccccc2)cc1. The van der Waals surface area contributed by atoms with Crippen LogP contribution in [0.3, 0.4) is 0 Å². The van der Waals surface area contributed by atoms with Crippen LogP contribution in [0, 0.1) is 0 Å². The summed E-state index contributed by atoms with van der Waals surface area (Å²) in [7, 11) is 0. The highest BCUT2D eigenvalue weighted by Gasteiger charge is 2.34. The average molecular weight is 371 g/mol. The van der Waals surface area contributed by atoms with Crippen molar-refractivity contribution in [3.8, 4) is 11.1 Å². The van der Waals surface area contributed by atoms with E-state index in [1.54, 1.807) is 0 Å². The fraction of sp³-hybridized carbons (Fsp3) is 0.240. The topological polar surface area (TPSA) is 40.5 Å². The van der Waals surface area contributed by atoms with Crippen LogP contribution in [0.25, 0.3) is 11.1 Å². The average Bonchev–Trinajstić information content (AvgIpc) is 2.76. The molecule has 0 saturated carbocycles. The number of carboxylic acid groups (broad SMARTS) is 1. The van der Waals surface area contributed by atoms with Gasteiger partial charge in [0, 0.05) is 0 Å². The van der Waals surface area contributed by atoms with Gasteiger partial charge in [-0.25, -0.2) is 0 Å². The van der Waals surface area contributed by atoms with Gasteiger partial charge in [-0.3, -0.25) is 9.69 Å². The molecule has 3 aromatic rings. The van der Waals surface area contributed by atoms with Crippen molar-refractivity contribution in [2.45, 2.75) is 31.3 Å². The largest absolute Gasteiger partial charge is 0.480 e. The lowest BCUT2D eigenvalue weighted by atomic mass is 9.91. The number of likely N-dealkylation sites (tertiary alicyclic amines) is 1. The van der Waals surface area contributed by atoms with E-state index < -0.39 is 12.0 Å². The highest BCUT2D eigenvalue weighted by Crippen LogP contribution is 2.35. The number of hydrogen-bond acceptors (Lipinski definition) is 2. The molecule has 0 aliphatic carbocycles. The molecule has 1 fully saturated rings. The van der Waals surface area contributed by atoms with E-state index in [2.05, 4.69) is 53.4 Å². The number of rotatable bonds is 5. The van der Waals surface area contributed by atoms with Crippen LogP contribution in [0.4, 0.5) is 0 Å². The summed E-state index contributed by atoms with van der Waals surface area (Å²) in [5.74, 6) is -0.721. The van der Waals surface area contributed by atoms with E-state index >= 15 is 0 Å². The normalized spacial score (nSPS) is 18.5. The lowest BCUT2D eigenvalue weighted by molar-refractivity contribution is -0.145.